The van der Waals surface area contributed by atoms with Crippen molar-refractivity contribution in [1.29, 1.82) is 5.41 Å². The van der Waals surface area contributed by atoms with Gasteiger partial charge in [-0.3, -0.25) is 5.41 Å². The molecule has 3 heteroatoms. The fourth-order valence-electron chi connectivity index (χ4n) is 3.06. The summed E-state index contributed by atoms with van der Waals surface area (Å²) in [7, 11) is 2.20. The Labute approximate surface area is 109 Å². The van der Waals surface area contributed by atoms with Crippen LogP contribution < -0.4 is 0 Å². The molecule has 0 bridgehead atoms. The Morgan fingerprint density at radius 1 is 1.22 bits per heavy atom. The molecule has 0 radical (unpaired) electrons. The predicted octanol–water partition coefficient (Wildman–Crippen LogP) is 2.17. The van der Waals surface area contributed by atoms with Crippen LogP contribution in [0, 0.1) is 11.3 Å². The number of fused-ring (bicyclic) bond motifs is 1. The van der Waals surface area contributed by atoms with E-state index in [9.17, 15) is 0 Å². The molecular formula is C15H21N3. The molecule has 2 aliphatic rings. The van der Waals surface area contributed by atoms with Crippen LogP contribution in [0.25, 0.3) is 0 Å². The number of likely N-dealkylation sites (tertiary alicyclic amines) is 1. The molecule has 0 aliphatic carbocycles. The van der Waals surface area contributed by atoms with Gasteiger partial charge in [0, 0.05) is 18.7 Å². The highest BCUT2D eigenvalue weighted by Gasteiger charge is 2.27. The van der Waals surface area contributed by atoms with Crippen LogP contribution in [-0.4, -0.2) is 42.3 Å². The van der Waals surface area contributed by atoms with E-state index in [2.05, 4.69) is 35.0 Å². The zero-order valence-corrected chi connectivity index (χ0v) is 11.0. The molecule has 0 saturated carbocycles. The van der Waals surface area contributed by atoms with Gasteiger partial charge in [-0.05, 0) is 44.5 Å². The van der Waals surface area contributed by atoms with E-state index in [4.69, 9.17) is 5.41 Å². The van der Waals surface area contributed by atoms with Gasteiger partial charge in [0.15, 0.2) is 0 Å². The van der Waals surface area contributed by atoms with E-state index >= 15 is 0 Å². The monoisotopic (exact) mass is 243 g/mol. The van der Waals surface area contributed by atoms with E-state index in [1.54, 1.807) is 0 Å². The molecule has 1 aromatic carbocycles. The number of piperidine rings is 1. The third-order valence-corrected chi connectivity index (χ3v) is 4.27. The molecule has 0 spiro atoms. The third kappa shape index (κ3) is 2.15. The van der Waals surface area contributed by atoms with Gasteiger partial charge < -0.3 is 9.80 Å². The van der Waals surface area contributed by atoms with E-state index in [0.29, 0.717) is 0 Å². The van der Waals surface area contributed by atoms with E-state index < -0.39 is 0 Å². The molecule has 2 heterocycles. The SMILES string of the molecule is CN1CCC(CN2Cc3ccccc3C2=N)CC1. The van der Waals surface area contributed by atoms with Gasteiger partial charge in [-0.1, -0.05) is 24.3 Å². The normalized spacial score (nSPS) is 21.4. The van der Waals surface area contributed by atoms with Crippen LogP contribution in [0.4, 0.5) is 0 Å². The maximum atomic E-state index is 8.26. The minimum absolute atomic E-state index is 0.726. The van der Waals surface area contributed by atoms with E-state index in [1.807, 2.05) is 6.07 Å². The zero-order valence-electron chi connectivity index (χ0n) is 11.0. The van der Waals surface area contributed by atoms with E-state index in [0.717, 1.165) is 30.4 Å². The van der Waals surface area contributed by atoms with Gasteiger partial charge in [0.25, 0.3) is 0 Å². The summed E-state index contributed by atoms with van der Waals surface area (Å²) in [6.07, 6.45) is 2.55. The van der Waals surface area contributed by atoms with Crippen LogP contribution in [0.5, 0.6) is 0 Å². The van der Waals surface area contributed by atoms with Gasteiger partial charge >= 0.3 is 0 Å². The van der Waals surface area contributed by atoms with Gasteiger partial charge in [0.1, 0.15) is 5.84 Å². The standard InChI is InChI=1S/C15H21N3/c1-17-8-6-12(7-9-17)10-18-11-13-4-2-3-5-14(13)15(18)16/h2-5,12,16H,6-11H2,1H3. The number of benzene rings is 1. The quantitative estimate of drug-likeness (QED) is 0.863. The molecule has 1 N–H and O–H groups in total. The van der Waals surface area contributed by atoms with Crippen LogP contribution in [0.15, 0.2) is 24.3 Å². The van der Waals surface area contributed by atoms with Crippen molar-refractivity contribution in [3.05, 3.63) is 35.4 Å². The summed E-state index contributed by atoms with van der Waals surface area (Å²) < 4.78 is 0. The van der Waals surface area contributed by atoms with Gasteiger partial charge in [-0.15, -0.1) is 0 Å². The Kier molecular flexibility index (Phi) is 3.08. The number of amidine groups is 1. The van der Waals surface area contributed by atoms with Gasteiger partial charge in [-0.25, -0.2) is 0 Å². The zero-order chi connectivity index (χ0) is 12.5. The molecule has 0 atom stereocenters. The number of nitrogens with zero attached hydrogens (tertiary/aromatic N) is 2. The van der Waals surface area contributed by atoms with Crippen molar-refractivity contribution >= 4 is 5.84 Å². The van der Waals surface area contributed by atoms with Gasteiger partial charge in [0.2, 0.25) is 0 Å². The Bertz CT molecular complexity index is 447. The lowest BCUT2D eigenvalue weighted by Crippen LogP contribution is -2.37. The fourth-order valence-corrected chi connectivity index (χ4v) is 3.06. The van der Waals surface area contributed by atoms with Crippen molar-refractivity contribution < 1.29 is 0 Å². The van der Waals surface area contributed by atoms with Crippen molar-refractivity contribution in [3.63, 3.8) is 0 Å². The first-order valence-electron chi connectivity index (χ1n) is 6.84. The molecule has 0 amide bonds. The molecule has 3 rings (SSSR count). The lowest BCUT2D eigenvalue weighted by atomic mass is 9.96. The van der Waals surface area contributed by atoms with Crippen LogP contribution in [0.1, 0.15) is 24.0 Å². The first-order chi connectivity index (χ1) is 8.74. The van der Waals surface area contributed by atoms with Crippen molar-refractivity contribution in [2.45, 2.75) is 19.4 Å². The van der Waals surface area contributed by atoms with Crippen molar-refractivity contribution in [2.24, 2.45) is 5.92 Å². The highest BCUT2D eigenvalue weighted by Crippen LogP contribution is 2.25. The van der Waals surface area contributed by atoms with Crippen molar-refractivity contribution in [2.75, 3.05) is 26.7 Å². The lowest BCUT2D eigenvalue weighted by molar-refractivity contribution is 0.193. The number of hydrogen-bond acceptors (Lipinski definition) is 2. The first-order valence-corrected chi connectivity index (χ1v) is 6.84. The number of hydrogen-bond donors (Lipinski definition) is 1. The van der Waals surface area contributed by atoms with Crippen LogP contribution in [-0.2, 0) is 6.54 Å². The van der Waals surface area contributed by atoms with Crippen molar-refractivity contribution in [3.8, 4) is 0 Å². The highest BCUT2D eigenvalue weighted by molar-refractivity contribution is 6.00. The van der Waals surface area contributed by atoms with Crippen LogP contribution in [0.3, 0.4) is 0 Å². The smallest absolute Gasteiger partial charge is 0.128 e. The largest absolute Gasteiger partial charge is 0.352 e. The topological polar surface area (TPSA) is 30.3 Å². The molecule has 1 fully saturated rings. The minimum Gasteiger partial charge on any atom is -0.352 e. The summed E-state index contributed by atoms with van der Waals surface area (Å²) in [6, 6.07) is 8.34. The average Bonchev–Trinajstić information content (AvgIpc) is 2.70. The summed E-state index contributed by atoms with van der Waals surface area (Å²) in [4.78, 5) is 4.65. The van der Waals surface area contributed by atoms with E-state index in [-0.39, 0.29) is 0 Å². The van der Waals surface area contributed by atoms with Gasteiger partial charge in [0.05, 0.1) is 0 Å². The van der Waals surface area contributed by atoms with Crippen LogP contribution >= 0.6 is 0 Å². The summed E-state index contributed by atoms with van der Waals surface area (Å²) in [5.41, 5.74) is 2.45. The fraction of sp³-hybridized carbons (Fsp3) is 0.533. The second-order valence-corrected chi connectivity index (χ2v) is 5.63. The Morgan fingerprint density at radius 3 is 2.67 bits per heavy atom. The summed E-state index contributed by atoms with van der Waals surface area (Å²) in [5, 5.41) is 8.26. The third-order valence-electron chi connectivity index (χ3n) is 4.27. The molecule has 0 unspecified atom stereocenters. The minimum atomic E-state index is 0.726. The molecule has 1 saturated heterocycles. The Balaban J connectivity index is 1.64. The molecule has 2 aliphatic heterocycles. The van der Waals surface area contributed by atoms with Crippen LogP contribution in [0.2, 0.25) is 0 Å². The predicted molar refractivity (Wildman–Crippen MR) is 73.9 cm³/mol. The average molecular weight is 243 g/mol. The van der Waals surface area contributed by atoms with Gasteiger partial charge in [-0.2, -0.15) is 0 Å². The molecule has 0 aromatic heterocycles. The molecule has 96 valence electrons. The Hall–Kier alpha value is -1.35. The van der Waals surface area contributed by atoms with Crippen molar-refractivity contribution in [1.82, 2.24) is 9.80 Å². The second kappa shape index (κ2) is 4.73. The first kappa shape index (κ1) is 11.7. The summed E-state index contributed by atoms with van der Waals surface area (Å²) >= 11 is 0. The number of nitrogens with one attached hydrogen (secondary N) is 1. The lowest BCUT2D eigenvalue weighted by Gasteiger charge is -2.32. The maximum absolute atomic E-state index is 8.26. The molecular weight excluding hydrogens is 222 g/mol. The molecule has 3 nitrogen and oxygen atoms in total. The molecule has 18 heavy (non-hydrogen) atoms. The van der Waals surface area contributed by atoms with E-state index in [1.165, 1.54) is 31.5 Å². The number of rotatable bonds is 2. The maximum Gasteiger partial charge on any atom is 0.128 e. The summed E-state index contributed by atoms with van der Waals surface area (Å²) in [6.45, 7) is 4.40. The summed E-state index contributed by atoms with van der Waals surface area (Å²) in [5.74, 6) is 1.49. The Morgan fingerprint density at radius 2 is 1.94 bits per heavy atom. The molecule has 1 aromatic rings. The highest BCUT2D eigenvalue weighted by atomic mass is 15.2. The second-order valence-electron chi connectivity index (χ2n) is 5.63.